The summed E-state index contributed by atoms with van der Waals surface area (Å²) < 4.78 is 0. The molecule has 1 heterocycles. The van der Waals surface area contributed by atoms with Crippen LogP contribution in [0.5, 0.6) is 0 Å². The molecular weight excluding hydrogens is 238 g/mol. The van der Waals surface area contributed by atoms with Crippen molar-refractivity contribution >= 4 is 5.91 Å². The van der Waals surface area contributed by atoms with Crippen LogP contribution in [0.15, 0.2) is 30.3 Å². The Hall–Kier alpha value is -1.35. The highest BCUT2D eigenvalue weighted by atomic mass is 16.3. The molecule has 1 aromatic carbocycles. The van der Waals surface area contributed by atoms with Gasteiger partial charge >= 0.3 is 0 Å². The molecule has 104 valence electrons. The van der Waals surface area contributed by atoms with Gasteiger partial charge in [-0.1, -0.05) is 30.3 Å². The molecule has 19 heavy (non-hydrogen) atoms. The average Bonchev–Trinajstić information content (AvgIpc) is 2.47. The lowest BCUT2D eigenvalue weighted by Crippen LogP contribution is -2.52. The van der Waals surface area contributed by atoms with E-state index in [-0.39, 0.29) is 18.6 Å². The van der Waals surface area contributed by atoms with Crippen LogP contribution in [-0.4, -0.2) is 35.1 Å². The van der Waals surface area contributed by atoms with Gasteiger partial charge in [0.05, 0.1) is 18.1 Å². The number of piperidine rings is 1. The minimum absolute atomic E-state index is 0.00997. The molecule has 0 saturated carbocycles. The highest BCUT2D eigenvalue weighted by Gasteiger charge is 2.37. The summed E-state index contributed by atoms with van der Waals surface area (Å²) in [5, 5.41) is 9.45. The van der Waals surface area contributed by atoms with Gasteiger partial charge in [0.1, 0.15) is 0 Å². The number of amides is 1. The predicted molar refractivity (Wildman–Crippen MR) is 75.9 cm³/mol. The lowest BCUT2D eigenvalue weighted by molar-refractivity contribution is -0.141. The Bertz CT molecular complexity index is 428. The normalized spacial score (nSPS) is 20.4. The summed E-state index contributed by atoms with van der Waals surface area (Å²) in [4.78, 5) is 14.7. The van der Waals surface area contributed by atoms with Crippen molar-refractivity contribution < 1.29 is 9.90 Å². The quantitative estimate of drug-likeness (QED) is 0.907. The van der Waals surface area contributed by atoms with Gasteiger partial charge in [0, 0.05) is 6.54 Å². The number of carbonyl (C=O) groups is 1. The third-order valence-corrected chi connectivity index (χ3v) is 4.13. The van der Waals surface area contributed by atoms with Crippen LogP contribution in [0.25, 0.3) is 0 Å². The molecule has 3 nitrogen and oxygen atoms in total. The molecule has 0 aromatic heterocycles. The molecular formula is C16H23NO2. The van der Waals surface area contributed by atoms with Gasteiger partial charge in [-0.2, -0.15) is 0 Å². The van der Waals surface area contributed by atoms with E-state index < -0.39 is 5.41 Å². The van der Waals surface area contributed by atoms with E-state index in [9.17, 15) is 9.90 Å². The van der Waals surface area contributed by atoms with Crippen LogP contribution in [0.1, 0.15) is 38.7 Å². The minimum Gasteiger partial charge on any atom is -0.394 e. The summed E-state index contributed by atoms with van der Waals surface area (Å²) in [5.74, 6) is 0.123. The first kappa shape index (κ1) is 14.1. The number of likely N-dealkylation sites (tertiary alicyclic amines) is 1. The first-order chi connectivity index (χ1) is 9.07. The summed E-state index contributed by atoms with van der Waals surface area (Å²) in [6.07, 6.45) is 3.04. The molecule has 1 fully saturated rings. The van der Waals surface area contributed by atoms with E-state index in [4.69, 9.17) is 0 Å². The van der Waals surface area contributed by atoms with Crippen molar-refractivity contribution in [1.82, 2.24) is 4.90 Å². The Labute approximate surface area is 115 Å². The lowest BCUT2D eigenvalue weighted by Gasteiger charge is -2.39. The van der Waals surface area contributed by atoms with E-state index in [0.29, 0.717) is 0 Å². The van der Waals surface area contributed by atoms with E-state index in [1.54, 1.807) is 0 Å². The van der Waals surface area contributed by atoms with Crippen molar-refractivity contribution in [3.63, 3.8) is 0 Å². The number of hydrogen-bond acceptors (Lipinski definition) is 2. The second-order valence-corrected chi connectivity index (χ2v) is 5.82. The van der Waals surface area contributed by atoms with Gasteiger partial charge in [0.25, 0.3) is 0 Å². The maximum atomic E-state index is 12.8. The Morgan fingerprint density at radius 2 is 2.00 bits per heavy atom. The topological polar surface area (TPSA) is 40.5 Å². The Kier molecular flexibility index (Phi) is 4.25. The second kappa shape index (κ2) is 5.74. The van der Waals surface area contributed by atoms with Gasteiger partial charge in [0.15, 0.2) is 0 Å². The highest BCUT2D eigenvalue weighted by molar-refractivity contribution is 5.87. The lowest BCUT2D eigenvalue weighted by atomic mass is 9.82. The van der Waals surface area contributed by atoms with Crippen molar-refractivity contribution in [1.29, 1.82) is 0 Å². The number of benzene rings is 1. The summed E-state index contributed by atoms with van der Waals surface area (Å²) in [5.41, 5.74) is 0.494. The molecule has 0 radical (unpaired) electrons. The van der Waals surface area contributed by atoms with Crippen LogP contribution in [0.4, 0.5) is 0 Å². The molecule has 2 rings (SSSR count). The molecule has 1 unspecified atom stereocenters. The number of carbonyl (C=O) groups excluding carboxylic acids is 1. The molecule has 1 aromatic rings. The van der Waals surface area contributed by atoms with Crippen LogP contribution in [0, 0.1) is 0 Å². The summed E-state index contributed by atoms with van der Waals surface area (Å²) in [7, 11) is 0. The maximum absolute atomic E-state index is 12.8. The predicted octanol–water partition coefficient (Wildman–Crippen LogP) is 2.34. The third kappa shape index (κ3) is 2.81. The van der Waals surface area contributed by atoms with Crippen LogP contribution in [0.2, 0.25) is 0 Å². The zero-order chi connectivity index (χ0) is 13.9. The van der Waals surface area contributed by atoms with Gasteiger partial charge in [-0.3, -0.25) is 4.79 Å². The first-order valence-corrected chi connectivity index (χ1v) is 7.05. The largest absolute Gasteiger partial charge is 0.394 e. The summed E-state index contributed by atoms with van der Waals surface area (Å²) in [6, 6.07) is 9.87. The minimum atomic E-state index is -0.536. The van der Waals surface area contributed by atoms with E-state index >= 15 is 0 Å². The molecule has 3 heteroatoms. The van der Waals surface area contributed by atoms with E-state index in [1.807, 2.05) is 49.1 Å². The zero-order valence-corrected chi connectivity index (χ0v) is 11.8. The highest BCUT2D eigenvalue weighted by Crippen LogP contribution is 2.29. The molecule has 1 N–H and O–H groups in total. The van der Waals surface area contributed by atoms with E-state index in [1.165, 1.54) is 0 Å². The summed E-state index contributed by atoms with van der Waals surface area (Å²) >= 11 is 0. The van der Waals surface area contributed by atoms with Crippen LogP contribution < -0.4 is 0 Å². The molecule has 1 aliphatic heterocycles. The number of hydrogen-bond donors (Lipinski definition) is 1. The van der Waals surface area contributed by atoms with Gasteiger partial charge in [0.2, 0.25) is 5.91 Å². The fraction of sp³-hybridized carbons (Fsp3) is 0.562. The van der Waals surface area contributed by atoms with E-state index in [2.05, 4.69) is 0 Å². The Morgan fingerprint density at radius 3 is 2.63 bits per heavy atom. The number of rotatable bonds is 3. The van der Waals surface area contributed by atoms with Crippen molar-refractivity contribution in [2.45, 2.75) is 44.6 Å². The van der Waals surface area contributed by atoms with Gasteiger partial charge < -0.3 is 10.0 Å². The first-order valence-electron chi connectivity index (χ1n) is 7.05. The Balaban J connectivity index is 2.22. The number of nitrogens with zero attached hydrogens (tertiary/aromatic N) is 1. The smallest absolute Gasteiger partial charge is 0.232 e. The second-order valence-electron chi connectivity index (χ2n) is 5.82. The fourth-order valence-electron chi connectivity index (χ4n) is 2.80. The van der Waals surface area contributed by atoms with Crippen molar-refractivity contribution in [3.05, 3.63) is 35.9 Å². The molecule has 1 aliphatic rings. The molecule has 0 aliphatic carbocycles. The van der Waals surface area contributed by atoms with Gasteiger partial charge in [-0.15, -0.1) is 0 Å². The zero-order valence-electron chi connectivity index (χ0n) is 11.8. The fourth-order valence-corrected chi connectivity index (χ4v) is 2.80. The Morgan fingerprint density at radius 1 is 1.32 bits per heavy atom. The molecule has 0 spiro atoms. The van der Waals surface area contributed by atoms with Crippen molar-refractivity contribution in [3.8, 4) is 0 Å². The molecule has 1 amide bonds. The molecule has 1 atom stereocenters. The number of aliphatic hydroxyl groups is 1. The summed E-state index contributed by atoms with van der Waals surface area (Å²) in [6.45, 7) is 4.76. The standard InChI is InChI=1S/C16H23NO2/c1-16(2,13-8-4-3-5-9-13)15(19)17-11-7-6-10-14(17)12-18/h3-5,8-9,14,18H,6-7,10-12H2,1-2H3. The van der Waals surface area contributed by atoms with Crippen LogP contribution >= 0.6 is 0 Å². The van der Waals surface area contributed by atoms with Crippen molar-refractivity contribution in [2.75, 3.05) is 13.2 Å². The van der Waals surface area contributed by atoms with Crippen LogP contribution in [0.3, 0.4) is 0 Å². The SMILES string of the molecule is CC(C)(C(=O)N1CCCCC1CO)c1ccccc1. The van der Waals surface area contributed by atoms with Gasteiger partial charge in [-0.05, 0) is 38.7 Å². The third-order valence-electron chi connectivity index (χ3n) is 4.13. The van der Waals surface area contributed by atoms with Crippen molar-refractivity contribution in [2.24, 2.45) is 0 Å². The maximum Gasteiger partial charge on any atom is 0.232 e. The number of aliphatic hydroxyl groups excluding tert-OH is 1. The molecule has 0 bridgehead atoms. The van der Waals surface area contributed by atoms with Gasteiger partial charge in [-0.25, -0.2) is 0 Å². The van der Waals surface area contributed by atoms with Crippen LogP contribution in [-0.2, 0) is 10.2 Å². The average molecular weight is 261 g/mol. The monoisotopic (exact) mass is 261 g/mol. The molecule has 1 saturated heterocycles. The van der Waals surface area contributed by atoms with E-state index in [0.717, 1.165) is 31.4 Å².